The zero-order valence-electron chi connectivity index (χ0n) is 14.6. The van der Waals surface area contributed by atoms with E-state index in [1.807, 2.05) is 0 Å². The minimum Gasteiger partial charge on any atom is -0.207 e. The highest BCUT2D eigenvalue weighted by Gasteiger charge is 2.38. The van der Waals surface area contributed by atoms with E-state index in [4.69, 9.17) is 0 Å². The summed E-state index contributed by atoms with van der Waals surface area (Å²) in [6, 6.07) is 17.7. The van der Waals surface area contributed by atoms with Crippen molar-refractivity contribution in [2.24, 2.45) is 0 Å². The SMILES string of the molecule is O=S(=O)(c1ccc(Br)cc1)N1CCS[C@@H]1c1ccc2c3c(cccc13)CC2. The Morgan fingerprint density at radius 3 is 2.48 bits per heavy atom. The first-order valence-electron chi connectivity index (χ1n) is 8.98. The molecule has 1 aliphatic heterocycles. The number of sulfonamides is 1. The van der Waals surface area contributed by atoms with Crippen LogP contribution in [0.2, 0.25) is 0 Å². The maximum Gasteiger partial charge on any atom is 0.244 e. The lowest BCUT2D eigenvalue weighted by atomic mass is 10.00. The number of rotatable bonds is 3. The lowest BCUT2D eigenvalue weighted by Crippen LogP contribution is -2.30. The normalized spacial score (nSPS) is 19.8. The Hall–Kier alpha value is -1.34. The second kappa shape index (κ2) is 6.62. The predicted octanol–water partition coefficient (Wildman–Crippen LogP) is 5.14. The van der Waals surface area contributed by atoms with E-state index in [0.717, 1.165) is 28.6 Å². The molecule has 0 radical (unpaired) electrons. The molecule has 1 atom stereocenters. The van der Waals surface area contributed by atoms with Crippen molar-refractivity contribution in [2.45, 2.75) is 23.1 Å². The summed E-state index contributed by atoms with van der Waals surface area (Å²) in [5.41, 5.74) is 3.88. The van der Waals surface area contributed by atoms with Crippen molar-refractivity contribution in [3.05, 3.63) is 75.8 Å². The molecule has 27 heavy (non-hydrogen) atoms. The fourth-order valence-corrected chi connectivity index (χ4v) is 7.71. The molecule has 1 saturated heterocycles. The molecular formula is C21H18BrNO2S2. The lowest BCUT2D eigenvalue weighted by molar-refractivity contribution is 0.435. The molecule has 3 aromatic carbocycles. The average Bonchev–Trinajstić information content (AvgIpc) is 3.32. The molecule has 138 valence electrons. The monoisotopic (exact) mass is 459 g/mol. The fraction of sp³-hybridized carbons (Fsp3) is 0.238. The molecule has 1 heterocycles. The summed E-state index contributed by atoms with van der Waals surface area (Å²) >= 11 is 5.09. The van der Waals surface area contributed by atoms with E-state index in [-0.39, 0.29) is 5.37 Å². The second-order valence-electron chi connectivity index (χ2n) is 6.95. The van der Waals surface area contributed by atoms with Gasteiger partial charge < -0.3 is 0 Å². The zero-order chi connectivity index (χ0) is 18.6. The van der Waals surface area contributed by atoms with Gasteiger partial charge in [0.05, 0.1) is 10.3 Å². The summed E-state index contributed by atoms with van der Waals surface area (Å²) < 4.78 is 29.2. The summed E-state index contributed by atoms with van der Waals surface area (Å²) in [6.07, 6.45) is 2.16. The molecule has 0 unspecified atom stereocenters. The van der Waals surface area contributed by atoms with Crippen molar-refractivity contribution < 1.29 is 8.42 Å². The molecule has 3 aromatic rings. The van der Waals surface area contributed by atoms with Crippen molar-refractivity contribution in [3.63, 3.8) is 0 Å². The highest BCUT2D eigenvalue weighted by atomic mass is 79.9. The van der Waals surface area contributed by atoms with Crippen LogP contribution in [0.1, 0.15) is 22.1 Å². The van der Waals surface area contributed by atoms with Gasteiger partial charge in [-0.25, -0.2) is 8.42 Å². The van der Waals surface area contributed by atoms with Gasteiger partial charge in [-0.05, 0) is 64.6 Å². The quantitative estimate of drug-likeness (QED) is 0.544. The molecule has 5 rings (SSSR count). The van der Waals surface area contributed by atoms with E-state index in [1.54, 1.807) is 40.3 Å². The molecule has 1 aliphatic carbocycles. The van der Waals surface area contributed by atoms with Crippen LogP contribution in [0.25, 0.3) is 10.8 Å². The maximum absolute atomic E-state index is 13.3. The van der Waals surface area contributed by atoms with Gasteiger partial charge in [0.2, 0.25) is 10.0 Å². The first-order chi connectivity index (χ1) is 13.1. The summed E-state index contributed by atoms with van der Waals surface area (Å²) in [5.74, 6) is 0.809. The van der Waals surface area contributed by atoms with Crippen LogP contribution in [-0.2, 0) is 22.9 Å². The fourth-order valence-electron chi connectivity index (χ4n) is 4.17. The Bertz CT molecular complexity index is 1130. The van der Waals surface area contributed by atoms with Crippen molar-refractivity contribution in [2.75, 3.05) is 12.3 Å². The predicted molar refractivity (Wildman–Crippen MR) is 115 cm³/mol. The van der Waals surface area contributed by atoms with Crippen molar-refractivity contribution >= 4 is 48.5 Å². The zero-order valence-corrected chi connectivity index (χ0v) is 17.8. The van der Waals surface area contributed by atoms with E-state index in [2.05, 4.69) is 46.3 Å². The number of nitrogens with zero attached hydrogens (tertiary/aromatic N) is 1. The third-order valence-electron chi connectivity index (χ3n) is 5.45. The van der Waals surface area contributed by atoms with Gasteiger partial charge >= 0.3 is 0 Å². The number of thioether (sulfide) groups is 1. The van der Waals surface area contributed by atoms with Crippen molar-refractivity contribution in [3.8, 4) is 0 Å². The Morgan fingerprint density at radius 1 is 0.963 bits per heavy atom. The van der Waals surface area contributed by atoms with Crippen LogP contribution in [0, 0.1) is 0 Å². The van der Waals surface area contributed by atoms with Crippen molar-refractivity contribution in [1.29, 1.82) is 0 Å². The number of hydrogen-bond acceptors (Lipinski definition) is 3. The number of aryl methyl sites for hydroxylation is 2. The Labute approximate surface area is 171 Å². The van der Waals surface area contributed by atoms with Gasteiger partial charge in [0.25, 0.3) is 0 Å². The second-order valence-corrected chi connectivity index (χ2v) is 10.9. The first-order valence-corrected chi connectivity index (χ1v) is 12.3. The van der Waals surface area contributed by atoms with Gasteiger partial charge in [-0.3, -0.25) is 0 Å². The third kappa shape index (κ3) is 2.85. The van der Waals surface area contributed by atoms with Crippen molar-refractivity contribution in [1.82, 2.24) is 4.31 Å². The summed E-state index contributed by atoms with van der Waals surface area (Å²) in [5, 5.41) is 2.37. The van der Waals surface area contributed by atoms with Crippen LogP contribution >= 0.6 is 27.7 Å². The molecule has 0 bridgehead atoms. The molecule has 0 N–H and O–H groups in total. The van der Waals surface area contributed by atoms with Gasteiger partial charge in [0.1, 0.15) is 0 Å². The molecule has 0 spiro atoms. The molecule has 2 aliphatic rings. The number of halogens is 1. The molecule has 1 fully saturated rings. The highest BCUT2D eigenvalue weighted by Crippen LogP contribution is 2.45. The van der Waals surface area contributed by atoms with Crippen LogP contribution in [-0.4, -0.2) is 25.0 Å². The Kier molecular flexibility index (Phi) is 4.35. The topological polar surface area (TPSA) is 37.4 Å². The minimum atomic E-state index is -3.53. The first kappa shape index (κ1) is 17.7. The summed E-state index contributed by atoms with van der Waals surface area (Å²) in [6.45, 7) is 0.538. The molecule has 6 heteroatoms. The van der Waals surface area contributed by atoms with Crippen LogP contribution in [0.5, 0.6) is 0 Å². The molecular weight excluding hydrogens is 442 g/mol. The van der Waals surface area contributed by atoms with E-state index < -0.39 is 10.0 Å². The van der Waals surface area contributed by atoms with Gasteiger partial charge in [-0.15, -0.1) is 11.8 Å². The van der Waals surface area contributed by atoms with Gasteiger partial charge in [-0.2, -0.15) is 4.31 Å². The van der Waals surface area contributed by atoms with Gasteiger partial charge in [-0.1, -0.05) is 46.3 Å². The molecule has 0 amide bonds. The summed E-state index contributed by atoms with van der Waals surface area (Å²) in [4.78, 5) is 0.351. The molecule has 0 saturated carbocycles. The molecule has 0 aromatic heterocycles. The van der Waals surface area contributed by atoms with E-state index in [9.17, 15) is 8.42 Å². The standard InChI is InChI=1S/C21H18BrNO2S2/c22-16-7-9-17(10-8-16)27(24,25)23-12-13-26-21(23)19-11-6-15-5-4-14-2-1-3-18(19)20(14)15/h1-3,6-11,21H,4-5,12-13H2/t21-/m1/s1. The number of benzene rings is 3. The van der Waals surface area contributed by atoms with Crippen LogP contribution < -0.4 is 0 Å². The summed E-state index contributed by atoms with van der Waals surface area (Å²) in [7, 11) is -3.53. The lowest BCUT2D eigenvalue weighted by Gasteiger charge is -2.25. The average molecular weight is 460 g/mol. The van der Waals surface area contributed by atoms with Gasteiger partial charge in [0, 0.05) is 16.8 Å². The van der Waals surface area contributed by atoms with Crippen LogP contribution in [0.15, 0.2) is 64.0 Å². The van der Waals surface area contributed by atoms with E-state index >= 15 is 0 Å². The molecule has 3 nitrogen and oxygen atoms in total. The number of hydrogen-bond donors (Lipinski definition) is 0. The van der Waals surface area contributed by atoms with Crippen LogP contribution in [0.3, 0.4) is 0 Å². The van der Waals surface area contributed by atoms with Crippen LogP contribution in [0.4, 0.5) is 0 Å². The van der Waals surface area contributed by atoms with Gasteiger partial charge in [0.15, 0.2) is 0 Å². The largest absolute Gasteiger partial charge is 0.244 e. The third-order valence-corrected chi connectivity index (χ3v) is 9.23. The Balaban J connectivity index is 1.62. The maximum atomic E-state index is 13.3. The smallest absolute Gasteiger partial charge is 0.207 e. The van der Waals surface area contributed by atoms with E-state index in [0.29, 0.717) is 11.4 Å². The highest BCUT2D eigenvalue weighted by molar-refractivity contribution is 9.10. The van der Waals surface area contributed by atoms with E-state index in [1.165, 1.54) is 21.9 Å². The Morgan fingerprint density at radius 2 is 1.70 bits per heavy atom. The minimum absolute atomic E-state index is 0.177.